The van der Waals surface area contributed by atoms with E-state index >= 15 is 0 Å². The summed E-state index contributed by atoms with van der Waals surface area (Å²) in [5.74, 6) is -0.491. The lowest BCUT2D eigenvalue weighted by Crippen LogP contribution is -2.42. The van der Waals surface area contributed by atoms with E-state index in [0.29, 0.717) is 18.7 Å². The Kier molecular flexibility index (Phi) is 5.06. The third kappa shape index (κ3) is 4.01. The van der Waals surface area contributed by atoms with Gasteiger partial charge in [-0.2, -0.15) is 5.10 Å². The van der Waals surface area contributed by atoms with Crippen molar-refractivity contribution < 1.29 is 18.4 Å². The summed E-state index contributed by atoms with van der Waals surface area (Å²) in [4.78, 5) is 26.1. The monoisotopic (exact) mass is 348 g/mol. The molecule has 6 nitrogen and oxygen atoms in total. The van der Waals surface area contributed by atoms with Crippen LogP contribution in [-0.2, 0) is 13.0 Å². The maximum Gasteiger partial charge on any atom is 0.271 e. The molecule has 1 N–H and O–H groups in total. The van der Waals surface area contributed by atoms with Crippen LogP contribution in [0.1, 0.15) is 26.4 Å². The summed E-state index contributed by atoms with van der Waals surface area (Å²) in [6.45, 7) is 0.717. The van der Waals surface area contributed by atoms with Crippen molar-refractivity contribution in [3.05, 3.63) is 53.3 Å². The number of aromatic nitrogens is 2. The largest absolute Gasteiger partial charge is 0.349 e. The topological polar surface area (TPSA) is 67.2 Å². The SMILES string of the molecule is O=C(NCCN1CCc2ccccc2C1=O)c1ccn(CC(F)F)n1. The van der Waals surface area contributed by atoms with E-state index in [1.807, 2.05) is 18.2 Å². The molecule has 1 aromatic heterocycles. The van der Waals surface area contributed by atoms with Crippen molar-refractivity contribution in [2.75, 3.05) is 19.6 Å². The number of amides is 2. The molecule has 0 unspecified atom stereocenters. The number of nitrogens with one attached hydrogen (secondary N) is 1. The fourth-order valence-corrected chi connectivity index (χ4v) is 2.81. The number of nitrogens with zero attached hydrogens (tertiary/aromatic N) is 3. The first-order valence-corrected chi connectivity index (χ1v) is 8.01. The maximum absolute atomic E-state index is 12.4. The normalized spacial score (nSPS) is 13.9. The van der Waals surface area contributed by atoms with E-state index in [1.54, 1.807) is 11.0 Å². The van der Waals surface area contributed by atoms with E-state index in [1.165, 1.54) is 12.3 Å². The van der Waals surface area contributed by atoms with Crippen LogP contribution < -0.4 is 5.32 Å². The molecule has 0 atom stereocenters. The lowest BCUT2D eigenvalue weighted by Gasteiger charge is -2.28. The van der Waals surface area contributed by atoms with Crippen molar-refractivity contribution >= 4 is 11.8 Å². The molecule has 1 aliphatic heterocycles. The zero-order valence-corrected chi connectivity index (χ0v) is 13.5. The van der Waals surface area contributed by atoms with Crippen LogP contribution >= 0.6 is 0 Å². The van der Waals surface area contributed by atoms with E-state index in [0.717, 1.165) is 16.7 Å². The summed E-state index contributed by atoms with van der Waals surface area (Å²) in [7, 11) is 0. The van der Waals surface area contributed by atoms with Crippen LogP contribution in [0.4, 0.5) is 8.78 Å². The standard InChI is InChI=1S/C17H18F2N4O2/c18-15(19)11-23-9-6-14(21-23)16(24)20-7-10-22-8-5-12-3-1-2-4-13(12)17(22)25/h1-4,6,9,15H,5,7-8,10-11H2,(H,20,24). The molecular weight excluding hydrogens is 330 g/mol. The minimum atomic E-state index is -2.52. The van der Waals surface area contributed by atoms with Gasteiger partial charge in [-0.1, -0.05) is 18.2 Å². The molecule has 8 heteroatoms. The number of benzene rings is 1. The van der Waals surface area contributed by atoms with Gasteiger partial charge < -0.3 is 10.2 Å². The number of alkyl halides is 2. The average molecular weight is 348 g/mol. The van der Waals surface area contributed by atoms with Gasteiger partial charge in [-0.3, -0.25) is 14.3 Å². The molecule has 132 valence electrons. The quantitative estimate of drug-likeness (QED) is 0.862. The summed E-state index contributed by atoms with van der Waals surface area (Å²) < 4.78 is 25.6. The second-order valence-corrected chi connectivity index (χ2v) is 5.77. The predicted octanol–water partition coefficient (Wildman–Crippen LogP) is 1.58. The van der Waals surface area contributed by atoms with Gasteiger partial charge >= 0.3 is 0 Å². The number of rotatable bonds is 6. The second kappa shape index (κ2) is 7.42. The highest BCUT2D eigenvalue weighted by Crippen LogP contribution is 2.18. The van der Waals surface area contributed by atoms with E-state index < -0.39 is 18.9 Å². The number of halogens is 2. The summed E-state index contributed by atoms with van der Waals surface area (Å²) in [6.07, 6.45) is -0.399. The van der Waals surface area contributed by atoms with Gasteiger partial charge in [-0.25, -0.2) is 8.78 Å². The molecular formula is C17H18F2N4O2. The lowest BCUT2D eigenvalue weighted by atomic mass is 9.99. The third-order valence-electron chi connectivity index (χ3n) is 4.05. The Hall–Kier alpha value is -2.77. The second-order valence-electron chi connectivity index (χ2n) is 5.77. The molecule has 0 radical (unpaired) electrons. The van der Waals surface area contributed by atoms with Gasteiger partial charge in [0.15, 0.2) is 0 Å². The van der Waals surface area contributed by atoms with Crippen molar-refractivity contribution in [1.29, 1.82) is 0 Å². The molecule has 3 rings (SSSR count). The molecule has 2 aromatic rings. The van der Waals surface area contributed by atoms with Crippen molar-refractivity contribution in [3.63, 3.8) is 0 Å². The summed E-state index contributed by atoms with van der Waals surface area (Å²) >= 11 is 0. The molecule has 0 bridgehead atoms. The first-order valence-electron chi connectivity index (χ1n) is 8.01. The molecule has 2 heterocycles. The lowest BCUT2D eigenvalue weighted by molar-refractivity contribution is 0.0733. The first-order chi connectivity index (χ1) is 12.0. The minimum Gasteiger partial charge on any atom is -0.349 e. The van der Waals surface area contributed by atoms with Gasteiger partial charge in [-0.15, -0.1) is 0 Å². The smallest absolute Gasteiger partial charge is 0.271 e. The van der Waals surface area contributed by atoms with Crippen molar-refractivity contribution in [1.82, 2.24) is 20.0 Å². The number of carbonyl (C=O) groups is 2. The van der Waals surface area contributed by atoms with Crippen LogP contribution in [0.2, 0.25) is 0 Å². The van der Waals surface area contributed by atoms with Crippen molar-refractivity contribution in [3.8, 4) is 0 Å². The molecule has 0 saturated carbocycles. The highest BCUT2D eigenvalue weighted by atomic mass is 19.3. The number of fused-ring (bicyclic) bond motifs is 1. The van der Waals surface area contributed by atoms with Gasteiger partial charge in [0.1, 0.15) is 12.2 Å². The van der Waals surface area contributed by atoms with Gasteiger partial charge in [0, 0.05) is 31.4 Å². The zero-order valence-electron chi connectivity index (χ0n) is 13.5. The average Bonchev–Trinajstić information content (AvgIpc) is 3.05. The Balaban J connectivity index is 1.51. The maximum atomic E-state index is 12.4. The number of carbonyl (C=O) groups excluding carboxylic acids is 2. The molecule has 25 heavy (non-hydrogen) atoms. The summed E-state index contributed by atoms with van der Waals surface area (Å²) in [6, 6.07) is 8.88. The molecule has 0 aliphatic carbocycles. The van der Waals surface area contributed by atoms with Crippen LogP contribution in [0.15, 0.2) is 36.5 Å². The number of hydrogen-bond donors (Lipinski definition) is 1. The van der Waals surface area contributed by atoms with E-state index in [4.69, 9.17) is 0 Å². The minimum absolute atomic E-state index is 0.0442. The van der Waals surface area contributed by atoms with Crippen molar-refractivity contribution in [2.45, 2.75) is 19.4 Å². The molecule has 2 amide bonds. The van der Waals surface area contributed by atoms with Gasteiger partial charge in [-0.05, 0) is 24.1 Å². The Labute approximate surface area is 143 Å². The third-order valence-corrected chi connectivity index (χ3v) is 4.05. The number of hydrogen-bond acceptors (Lipinski definition) is 3. The molecule has 0 saturated heterocycles. The predicted molar refractivity (Wildman–Crippen MR) is 86.6 cm³/mol. The van der Waals surface area contributed by atoms with Crippen LogP contribution in [0, 0.1) is 0 Å². The molecule has 0 spiro atoms. The van der Waals surface area contributed by atoms with Crippen LogP contribution in [-0.4, -0.2) is 52.6 Å². The zero-order chi connectivity index (χ0) is 17.8. The van der Waals surface area contributed by atoms with Gasteiger partial charge in [0.2, 0.25) is 0 Å². The van der Waals surface area contributed by atoms with Gasteiger partial charge in [0.05, 0.1) is 0 Å². The Morgan fingerprint density at radius 1 is 1.28 bits per heavy atom. The van der Waals surface area contributed by atoms with Gasteiger partial charge in [0.25, 0.3) is 18.2 Å². The van der Waals surface area contributed by atoms with Crippen LogP contribution in [0.25, 0.3) is 0 Å². The van der Waals surface area contributed by atoms with Crippen LogP contribution in [0.5, 0.6) is 0 Å². The van der Waals surface area contributed by atoms with Crippen molar-refractivity contribution in [2.24, 2.45) is 0 Å². The highest BCUT2D eigenvalue weighted by Gasteiger charge is 2.23. The van der Waals surface area contributed by atoms with E-state index in [-0.39, 0.29) is 18.1 Å². The molecule has 1 aliphatic rings. The Morgan fingerprint density at radius 3 is 2.88 bits per heavy atom. The van der Waals surface area contributed by atoms with E-state index in [2.05, 4.69) is 10.4 Å². The Bertz CT molecular complexity index is 776. The summed E-state index contributed by atoms with van der Waals surface area (Å²) in [5.41, 5.74) is 1.82. The summed E-state index contributed by atoms with van der Waals surface area (Å²) in [5, 5.41) is 6.47. The first kappa shape index (κ1) is 17.1. The fourth-order valence-electron chi connectivity index (χ4n) is 2.81. The molecule has 0 fully saturated rings. The van der Waals surface area contributed by atoms with Crippen LogP contribution in [0.3, 0.4) is 0 Å². The molecule has 1 aromatic carbocycles. The Morgan fingerprint density at radius 2 is 2.08 bits per heavy atom. The fraction of sp³-hybridized carbons (Fsp3) is 0.353. The highest BCUT2D eigenvalue weighted by molar-refractivity contribution is 5.96. The van der Waals surface area contributed by atoms with E-state index in [9.17, 15) is 18.4 Å².